The number of nitrogens with one attached hydrogen (secondary N) is 2. The van der Waals surface area contributed by atoms with Gasteiger partial charge in [0.25, 0.3) is 10.0 Å². The van der Waals surface area contributed by atoms with Crippen LogP contribution in [0.5, 0.6) is 11.5 Å². The first-order valence-electron chi connectivity index (χ1n) is 5.72. The minimum atomic E-state index is -3.68. The topological polar surface area (TPSA) is 93.3 Å². The second-order valence-electron chi connectivity index (χ2n) is 4.06. The molecule has 0 spiro atoms. The Bertz CT molecular complexity index is 696. The third-order valence-electron chi connectivity index (χ3n) is 2.76. The lowest BCUT2D eigenvalue weighted by Gasteiger charge is -2.14. The van der Waals surface area contributed by atoms with Crippen LogP contribution in [0, 0.1) is 6.92 Å². The van der Waals surface area contributed by atoms with Crippen LogP contribution in [-0.4, -0.2) is 32.8 Å². The molecule has 0 aliphatic rings. The lowest BCUT2D eigenvalue weighted by molar-refractivity contribution is 0.355. The van der Waals surface area contributed by atoms with Gasteiger partial charge in [-0.25, -0.2) is 8.42 Å². The second kappa shape index (κ2) is 5.41. The van der Waals surface area contributed by atoms with E-state index in [1.807, 2.05) is 0 Å². The summed E-state index contributed by atoms with van der Waals surface area (Å²) in [4.78, 5) is 0.0617. The zero-order valence-corrected chi connectivity index (χ0v) is 12.1. The predicted octanol–water partition coefficient (Wildman–Crippen LogP) is 1.54. The number of aromatic nitrogens is 2. The van der Waals surface area contributed by atoms with E-state index in [0.717, 1.165) is 5.56 Å². The molecule has 0 fully saturated rings. The summed E-state index contributed by atoms with van der Waals surface area (Å²) >= 11 is 0. The zero-order valence-electron chi connectivity index (χ0n) is 11.3. The van der Waals surface area contributed by atoms with E-state index in [9.17, 15) is 8.42 Å². The van der Waals surface area contributed by atoms with Gasteiger partial charge in [0.2, 0.25) is 0 Å². The number of ether oxygens (including phenoxy) is 2. The van der Waals surface area contributed by atoms with Crippen LogP contribution in [0.1, 0.15) is 5.56 Å². The number of aryl methyl sites for hydroxylation is 1. The highest BCUT2D eigenvalue weighted by molar-refractivity contribution is 7.92. The molecule has 0 amide bonds. The highest BCUT2D eigenvalue weighted by atomic mass is 32.2. The fraction of sp³-hybridized carbons (Fsp3) is 0.250. The van der Waals surface area contributed by atoms with E-state index < -0.39 is 10.0 Å². The van der Waals surface area contributed by atoms with Crippen LogP contribution in [0.25, 0.3) is 0 Å². The van der Waals surface area contributed by atoms with Crippen LogP contribution in [0.2, 0.25) is 0 Å². The van der Waals surface area contributed by atoms with Crippen molar-refractivity contribution in [3.8, 4) is 11.5 Å². The Morgan fingerprint density at radius 2 is 1.85 bits per heavy atom. The van der Waals surface area contributed by atoms with Crippen molar-refractivity contribution in [2.24, 2.45) is 0 Å². The number of nitrogens with zero attached hydrogens (tertiary/aromatic N) is 1. The molecule has 2 N–H and O–H groups in total. The van der Waals surface area contributed by atoms with Gasteiger partial charge in [0.15, 0.2) is 11.5 Å². The summed E-state index contributed by atoms with van der Waals surface area (Å²) in [6.07, 6.45) is 2.54. The van der Waals surface area contributed by atoms with Crippen molar-refractivity contribution in [3.63, 3.8) is 0 Å². The molecular weight excluding hydrogens is 282 g/mol. The van der Waals surface area contributed by atoms with Gasteiger partial charge >= 0.3 is 0 Å². The van der Waals surface area contributed by atoms with Gasteiger partial charge in [-0.1, -0.05) is 0 Å². The van der Waals surface area contributed by atoms with Crippen molar-refractivity contribution in [1.82, 2.24) is 10.2 Å². The number of methoxy groups -OCH3 is 2. The molecule has 0 atom stereocenters. The number of anilines is 1. The molecule has 108 valence electrons. The molecule has 1 aromatic heterocycles. The van der Waals surface area contributed by atoms with E-state index in [4.69, 9.17) is 9.47 Å². The summed E-state index contributed by atoms with van der Waals surface area (Å²) in [5, 5.41) is 6.09. The summed E-state index contributed by atoms with van der Waals surface area (Å²) in [7, 11) is -0.669. The van der Waals surface area contributed by atoms with E-state index in [1.165, 1.54) is 26.6 Å². The summed E-state index contributed by atoms with van der Waals surface area (Å²) in [5.41, 5.74) is 1.14. The standard InChI is InChI=1S/C12H15N3O4S/c1-8-4-11(18-2)12(19-3)5-10(8)15-20(16,17)9-6-13-14-7-9/h4-7,15H,1-3H3,(H,13,14). The summed E-state index contributed by atoms with van der Waals surface area (Å²) in [5.74, 6) is 0.985. The lowest BCUT2D eigenvalue weighted by atomic mass is 10.2. The maximum Gasteiger partial charge on any atom is 0.265 e. The first kappa shape index (κ1) is 14.2. The highest BCUT2D eigenvalue weighted by Gasteiger charge is 2.18. The molecule has 0 bridgehead atoms. The monoisotopic (exact) mass is 297 g/mol. The second-order valence-corrected chi connectivity index (χ2v) is 5.74. The molecule has 0 saturated heterocycles. The third-order valence-corrected chi connectivity index (χ3v) is 4.09. The Morgan fingerprint density at radius 3 is 2.40 bits per heavy atom. The maximum atomic E-state index is 12.1. The number of sulfonamides is 1. The van der Waals surface area contributed by atoms with Gasteiger partial charge in [-0.05, 0) is 18.6 Å². The number of H-pyrrole nitrogens is 1. The van der Waals surface area contributed by atoms with Crippen molar-refractivity contribution in [1.29, 1.82) is 0 Å². The molecular formula is C12H15N3O4S. The molecule has 0 saturated carbocycles. The van der Waals surface area contributed by atoms with Gasteiger partial charge in [-0.15, -0.1) is 0 Å². The Kier molecular flexibility index (Phi) is 3.84. The van der Waals surface area contributed by atoms with Crippen LogP contribution >= 0.6 is 0 Å². The van der Waals surface area contributed by atoms with Gasteiger partial charge < -0.3 is 9.47 Å². The quantitative estimate of drug-likeness (QED) is 0.873. The van der Waals surface area contributed by atoms with Gasteiger partial charge in [0, 0.05) is 12.3 Å². The maximum absolute atomic E-state index is 12.1. The number of hydrogen-bond donors (Lipinski definition) is 2. The van der Waals surface area contributed by atoms with Crippen LogP contribution in [0.4, 0.5) is 5.69 Å². The minimum Gasteiger partial charge on any atom is -0.493 e. The Hall–Kier alpha value is -2.22. The van der Waals surface area contributed by atoms with Crippen molar-refractivity contribution >= 4 is 15.7 Å². The normalized spacial score (nSPS) is 11.2. The fourth-order valence-electron chi connectivity index (χ4n) is 1.68. The van der Waals surface area contributed by atoms with Crippen LogP contribution in [0.15, 0.2) is 29.4 Å². The van der Waals surface area contributed by atoms with E-state index in [-0.39, 0.29) is 4.90 Å². The molecule has 2 rings (SSSR count). The van der Waals surface area contributed by atoms with Gasteiger partial charge in [0.05, 0.1) is 26.1 Å². The van der Waals surface area contributed by atoms with Crippen LogP contribution in [-0.2, 0) is 10.0 Å². The highest BCUT2D eigenvalue weighted by Crippen LogP contribution is 2.33. The van der Waals surface area contributed by atoms with Crippen LogP contribution in [0.3, 0.4) is 0 Å². The summed E-state index contributed by atoms with van der Waals surface area (Å²) < 4.78 is 37.1. The molecule has 0 unspecified atom stereocenters. The van der Waals surface area contributed by atoms with E-state index >= 15 is 0 Å². The molecule has 2 aromatic rings. The molecule has 0 aliphatic carbocycles. The Balaban J connectivity index is 2.39. The average Bonchev–Trinajstić information content (AvgIpc) is 2.95. The predicted molar refractivity (Wildman–Crippen MR) is 73.7 cm³/mol. The minimum absolute atomic E-state index is 0.0617. The first-order valence-corrected chi connectivity index (χ1v) is 7.20. The molecule has 8 heteroatoms. The van der Waals surface area contributed by atoms with Crippen molar-refractivity contribution in [2.45, 2.75) is 11.8 Å². The van der Waals surface area contributed by atoms with Gasteiger partial charge in [0.1, 0.15) is 4.90 Å². The number of benzene rings is 1. The Labute approximate surface area is 117 Å². The smallest absolute Gasteiger partial charge is 0.265 e. The van der Waals surface area contributed by atoms with Gasteiger partial charge in [-0.2, -0.15) is 5.10 Å². The molecule has 0 aliphatic heterocycles. The number of aromatic amines is 1. The van der Waals surface area contributed by atoms with Crippen LogP contribution < -0.4 is 14.2 Å². The molecule has 1 heterocycles. The van der Waals surface area contributed by atoms with Gasteiger partial charge in [-0.3, -0.25) is 9.82 Å². The SMILES string of the molecule is COc1cc(C)c(NS(=O)(=O)c2cn[nH]c2)cc1OC. The third kappa shape index (κ3) is 2.69. The molecule has 0 radical (unpaired) electrons. The Morgan fingerprint density at radius 1 is 1.20 bits per heavy atom. The summed E-state index contributed by atoms with van der Waals surface area (Å²) in [6, 6.07) is 3.28. The first-order chi connectivity index (χ1) is 9.47. The fourth-order valence-corrected chi connectivity index (χ4v) is 2.71. The molecule has 20 heavy (non-hydrogen) atoms. The van der Waals surface area contributed by atoms with E-state index in [0.29, 0.717) is 17.2 Å². The number of hydrogen-bond acceptors (Lipinski definition) is 5. The van der Waals surface area contributed by atoms with E-state index in [2.05, 4.69) is 14.9 Å². The van der Waals surface area contributed by atoms with Crippen molar-refractivity contribution in [3.05, 3.63) is 30.1 Å². The average molecular weight is 297 g/mol. The van der Waals surface area contributed by atoms with Crippen molar-refractivity contribution in [2.75, 3.05) is 18.9 Å². The molecule has 7 nitrogen and oxygen atoms in total. The summed E-state index contributed by atoms with van der Waals surface area (Å²) in [6.45, 7) is 1.77. The van der Waals surface area contributed by atoms with E-state index in [1.54, 1.807) is 19.1 Å². The number of rotatable bonds is 5. The zero-order chi connectivity index (χ0) is 14.8. The largest absolute Gasteiger partial charge is 0.493 e. The van der Waals surface area contributed by atoms with Crippen molar-refractivity contribution < 1.29 is 17.9 Å². The molecule has 1 aromatic carbocycles. The lowest BCUT2D eigenvalue weighted by Crippen LogP contribution is -2.13.